The molecule has 0 N–H and O–H groups in total. The van der Waals surface area contributed by atoms with Gasteiger partial charge in [0.05, 0.1) is 0 Å². The van der Waals surface area contributed by atoms with E-state index in [1.54, 1.807) is 0 Å². The maximum Gasteiger partial charge on any atom is 0.120 e. The highest BCUT2D eigenvalue weighted by Crippen LogP contribution is 2.13. The van der Waals surface area contributed by atoms with Gasteiger partial charge < -0.3 is 9.69 Å². The highest BCUT2D eigenvalue weighted by molar-refractivity contribution is 5.48. The van der Waals surface area contributed by atoms with Crippen LogP contribution in [-0.4, -0.2) is 30.8 Å². The molecule has 0 spiro atoms. The van der Waals surface area contributed by atoms with Crippen molar-refractivity contribution in [2.45, 2.75) is 19.8 Å². The SMILES string of the molecule is CC1CN(CCCC=O)C1. The first-order valence-electron chi connectivity index (χ1n) is 3.99. The number of hydrogen-bond donors (Lipinski definition) is 0. The number of unbranched alkanes of at least 4 members (excludes halogenated alkanes) is 1. The van der Waals surface area contributed by atoms with Crippen LogP contribution in [0, 0.1) is 5.92 Å². The Balaban J connectivity index is 1.90. The van der Waals surface area contributed by atoms with Crippen molar-refractivity contribution in [3.05, 3.63) is 0 Å². The molecule has 0 aromatic carbocycles. The van der Waals surface area contributed by atoms with Crippen LogP contribution in [0.5, 0.6) is 0 Å². The minimum Gasteiger partial charge on any atom is -0.303 e. The molecule has 1 heterocycles. The molecule has 2 heteroatoms. The summed E-state index contributed by atoms with van der Waals surface area (Å²) in [6.45, 7) is 5.84. The Labute approximate surface area is 62.2 Å². The fourth-order valence-corrected chi connectivity index (χ4v) is 1.41. The zero-order valence-corrected chi connectivity index (χ0v) is 6.55. The predicted molar refractivity (Wildman–Crippen MR) is 40.9 cm³/mol. The normalized spacial score (nSPS) is 20.5. The number of likely N-dealkylation sites (tertiary alicyclic amines) is 1. The predicted octanol–water partition coefficient (Wildman–Crippen LogP) is 0.917. The van der Waals surface area contributed by atoms with Crippen LogP contribution in [0.3, 0.4) is 0 Å². The largest absolute Gasteiger partial charge is 0.303 e. The molecular formula is C8H15NO. The number of nitrogens with zero attached hydrogens (tertiary/aromatic N) is 1. The lowest BCUT2D eigenvalue weighted by Crippen LogP contribution is -2.45. The molecule has 0 atom stereocenters. The fraction of sp³-hybridized carbons (Fsp3) is 0.875. The Kier molecular flexibility index (Phi) is 2.87. The van der Waals surface area contributed by atoms with E-state index in [1.807, 2.05) is 0 Å². The number of rotatable bonds is 4. The van der Waals surface area contributed by atoms with Crippen LogP contribution in [0.2, 0.25) is 0 Å². The smallest absolute Gasteiger partial charge is 0.120 e. The number of aldehydes is 1. The van der Waals surface area contributed by atoms with Gasteiger partial charge in [0.25, 0.3) is 0 Å². The summed E-state index contributed by atoms with van der Waals surface area (Å²) in [5.74, 6) is 0.885. The van der Waals surface area contributed by atoms with Crippen LogP contribution in [0.4, 0.5) is 0 Å². The topological polar surface area (TPSA) is 20.3 Å². The van der Waals surface area contributed by atoms with Gasteiger partial charge >= 0.3 is 0 Å². The maximum atomic E-state index is 9.94. The second-order valence-corrected chi connectivity index (χ2v) is 3.17. The van der Waals surface area contributed by atoms with Gasteiger partial charge in [-0.15, -0.1) is 0 Å². The minimum absolute atomic E-state index is 0.727. The number of carbonyl (C=O) groups is 1. The molecule has 0 aromatic rings. The molecule has 1 saturated heterocycles. The van der Waals surface area contributed by atoms with E-state index in [-0.39, 0.29) is 0 Å². The molecule has 0 aliphatic carbocycles. The quantitative estimate of drug-likeness (QED) is 0.428. The third-order valence-corrected chi connectivity index (χ3v) is 1.94. The van der Waals surface area contributed by atoms with Crippen LogP contribution in [0.25, 0.3) is 0 Å². The van der Waals surface area contributed by atoms with E-state index >= 15 is 0 Å². The van der Waals surface area contributed by atoms with Crippen molar-refractivity contribution in [3.63, 3.8) is 0 Å². The molecule has 0 aromatic heterocycles. The standard InChI is InChI=1S/C8H15NO/c1-8-6-9(7-8)4-2-3-5-10/h5,8H,2-4,6-7H2,1H3. The molecule has 1 aliphatic rings. The van der Waals surface area contributed by atoms with E-state index in [2.05, 4.69) is 11.8 Å². The summed E-state index contributed by atoms with van der Waals surface area (Å²) in [4.78, 5) is 12.3. The van der Waals surface area contributed by atoms with Crippen molar-refractivity contribution in [1.82, 2.24) is 4.90 Å². The molecule has 0 unspecified atom stereocenters. The lowest BCUT2D eigenvalue weighted by molar-refractivity contribution is -0.108. The van der Waals surface area contributed by atoms with E-state index in [0.29, 0.717) is 0 Å². The first-order chi connectivity index (χ1) is 4.83. The van der Waals surface area contributed by atoms with Gasteiger partial charge in [-0.25, -0.2) is 0 Å². The average molecular weight is 141 g/mol. The molecule has 2 nitrogen and oxygen atoms in total. The summed E-state index contributed by atoms with van der Waals surface area (Å²) in [5, 5.41) is 0. The summed E-state index contributed by atoms with van der Waals surface area (Å²) in [6.07, 6.45) is 2.77. The van der Waals surface area contributed by atoms with Gasteiger partial charge in [-0.3, -0.25) is 0 Å². The summed E-state index contributed by atoms with van der Waals surface area (Å²) in [7, 11) is 0. The Bertz CT molecular complexity index is 108. The zero-order valence-electron chi connectivity index (χ0n) is 6.55. The molecule has 0 bridgehead atoms. The Hall–Kier alpha value is -0.370. The molecule has 1 rings (SSSR count). The van der Waals surface area contributed by atoms with Crippen LogP contribution in [0.15, 0.2) is 0 Å². The van der Waals surface area contributed by atoms with Crippen LogP contribution >= 0.6 is 0 Å². The molecular weight excluding hydrogens is 126 g/mol. The Morgan fingerprint density at radius 3 is 2.80 bits per heavy atom. The lowest BCUT2D eigenvalue weighted by Gasteiger charge is -2.36. The van der Waals surface area contributed by atoms with Gasteiger partial charge in [0.1, 0.15) is 6.29 Å². The van der Waals surface area contributed by atoms with E-state index in [9.17, 15) is 4.79 Å². The van der Waals surface area contributed by atoms with Crippen molar-refractivity contribution >= 4 is 6.29 Å². The summed E-state index contributed by atoms with van der Waals surface area (Å²) < 4.78 is 0. The third kappa shape index (κ3) is 2.10. The first-order valence-corrected chi connectivity index (χ1v) is 3.99. The maximum absolute atomic E-state index is 9.94. The van der Waals surface area contributed by atoms with Crippen molar-refractivity contribution < 1.29 is 4.79 Å². The molecule has 1 aliphatic heterocycles. The Morgan fingerprint density at radius 2 is 2.30 bits per heavy atom. The van der Waals surface area contributed by atoms with Crippen molar-refractivity contribution in [2.75, 3.05) is 19.6 Å². The molecule has 1 fully saturated rings. The minimum atomic E-state index is 0.727. The van der Waals surface area contributed by atoms with E-state index in [1.165, 1.54) is 13.1 Å². The van der Waals surface area contributed by atoms with Crippen molar-refractivity contribution in [2.24, 2.45) is 5.92 Å². The molecule has 10 heavy (non-hydrogen) atoms. The molecule has 0 saturated carbocycles. The van der Waals surface area contributed by atoms with Gasteiger partial charge in [0, 0.05) is 19.5 Å². The van der Waals surface area contributed by atoms with Crippen LogP contribution in [-0.2, 0) is 4.79 Å². The summed E-state index contributed by atoms with van der Waals surface area (Å²) in [5.41, 5.74) is 0. The first kappa shape index (κ1) is 7.73. The highest BCUT2D eigenvalue weighted by atomic mass is 16.1. The van der Waals surface area contributed by atoms with E-state index < -0.39 is 0 Å². The highest BCUT2D eigenvalue weighted by Gasteiger charge is 2.20. The van der Waals surface area contributed by atoms with Gasteiger partial charge in [0.2, 0.25) is 0 Å². The van der Waals surface area contributed by atoms with Crippen molar-refractivity contribution in [3.8, 4) is 0 Å². The van der Waals surface area contributed by atoms with Crippen LogP contribution < -0.4 is 0 Å². The summed E-state index contributed by atoms with van der Waals surface area (Å²) >= 11 is 0. The van der Waals surface area contributed by atoms with Gasteiger partial charge in [-0.2, -0.15) is 0 Å². The van der Waals surface area contributed by atoms with Gasteiger partial charge in [-0.1, -0.05) is 6.92 Å². The second-order valence-electron chi connectivity index (χ2n) is 3.17. The fourth-order valence-electron chi connectivity index (χ4n) is 1.41. The second kappa shape index (κ2) is 3.71. The monoisotopic (exact) mass is 141 g/mol. The molecule has 0 radical (unpaired) electrons. The van der Waals surface area contributed by atoms with Crippen molar-refractivity contribution in [1.29, 1.82) is 0 Å². The molecule has 58 valence electrons. The van der Waals surface area contributed by atoms with Crippen LogP contribution in [0.1, 0.15) is 19.8 Å². The van der Waals surface area contributed by atoms with E-state index in [4.69, 9.17) is 0 Å². The Morgan fingerprint density at radius 1 is 1.60 bits per heavy atom. The zero-order chi connectivity index (χ0) is 7.40. The third-order valence-electron chi connectivity index (χ3n) is 1.94. The molecule has 0 amide bonds. The summed E-state index contributed by atoms with van der Waals surface area (Å²) in [6, 6.07) is 0. The van der Waals surface area contributed by atoms with Gasteiger partial charge in [-0.05, 0) is 18.9 Å². The number of carbonyl (C=O) groups excluding carboxylic acids is 1. The van der Waals surface area contributed by atoms with Gasteiger partial charge in [0.15, 0.2) is 0 Å². The lowest BCUT2D eigenvalue weighted by atomic mass is 10.0. The average Bonchev–Trinajstić information content (AvgIpc) is 1.85. The number of hydrogen-bond acceptors (Lipinski definition) is 2. The van der Waals surface area contributed by atoms with E-state index in [0.717, 1.165) is 31.6 Å².